The molecule has 0 aliphatic carbocycles. The maximum atomic E-state index is 6.38. The largest absolute Gasteiger partial charge is 0.497 e. The lowest BCUT2D eigenvalue weighted by molar-refractivity contribution is -0.653. The molecule has 0 N–H and O–H groups in total. The van der Waals surface area contributed by atoms with Gasteiger partial charge in [0.1, 0.15) is 18.1 Å². The van der Waals surface area contributed by atoms with Crippen molar-refractivity contribution in [3.8, 4) is 5.75 Å². The summed E-state index contributed by atoms with van der Waals surface area (Å²) in [6.45, 7) is 8.39. The van der Waals surface area contributed by atoms with E-state index in [-0.39, 0.29) is 24.0 Å². The number of rotatable bonds is 6. The summed E-state index contributed by atoms with van der Waals surface area (Å²) in [7, 11) is 7.76. The van der Waals surface area contributed by atoms with Crippen molar-refractivity contribution < 1.29 is 18.6 Å². The van der Waals surface area contributed by atoms with Gasteiger partial charge in [0.05, 0.1) is 32.4 Å². The van der Waals surface area contributed by atoms with Crippen LogP contribution in [0.15, 0.2) is 36.7 Å². The summed E-state index contributed by atoms with van der Waals surface area (Å²) in [5, 5.41) is 0. The highest BCUT2D eigenvalue weighted by atomic mass is 16.7. The van der Waals surface area contributed by atoms with E-state index in [9.17, 15) is 0 Å². The monoisotopic (exact) mass is 368 g/mol. The Labute approximate surface area is 164 Å². The van der Waals surface area contributed by atoms with Gasteiger partial charge >= 0.3 is 7.12 Å². The van der Waals surface area contributed by atoms with Crippen LogP contribution in [0.4, 0.5) is 0 Å². The van der Waals surface area contributed by atoms with Crippen molar-refractivity contribution in [3.05, 3.63) is 42.2 Å². The van der Waals surface area contributed by atoms with Crippen molar-refractivity contribution in [2.24, 2.45) is 14.1 Å². The molecule has 144 valence electrons. The molecule has 0 saturated carbocycles. The van der Waals surface area contributed by atoms with E-state index in [4.69, 9.17) is 14.0 Å². The number of nitrogens with zero attached hydrogens (tertiary/aromatic N) is 2. The molecule has 5 nitrogen and oxygen atoms in total. The van der Waals surface area contributed by atoms with Gasteiger partial charge in [0.2, 0.25) is 0 Å². The number of hydrogen-bond acceptors (Lipinski definition) is 3. The van der Waals surface area contributed by atoms with Gasteiger partial charge < -0.3 is 14.0 Å². The first-order valence-electron chi connectivity index (χ1n) is 9.47. The number of imidazole rings is 1. The van der Waals surface area contributed by atoms with Crippen LogP contribution in [-0.4, -0.2) is 37.3 Å². The van der Waals surface area contributed by atoms with E-state index in [0.29, 0.717) is 0 Å². The lowest BCUT2D eigenvalue weighted by atomic mass is 9.46. The minimum absolute atomic E-state index is 0.0826. The molecule has 27 heavy (non-hydrogen) atoms. The number of methoxy groups -OCH3 is 1. The second kappa shape index (κ2) is 7.36. The highest BCUT2D eigenvalue weighted by molar-refractivity contribution is 6.70. The van der Waals surface area contributed by atoms with Crippen LogP contribution in [0.1, 0.15) is 33.3 Å². The molecule has 3 rings (SSSR count). The first kappa shape index (κ1) is 20.0. The second-order valence-electron chi connectivity index (χ2n) is 8.39. The van der Waals surface area contributed by atoms with Crippen LogP contribution in [0, 0.1) is 0 Å². The Morgan fingerprint density at radius 1 is 1.15 bits per heavy atom. The van der Waals surface area contributed by atoms with Crippen molar-refractivity contribution in [2.45, 2.75) is 51.0 Å². The zero-order valence-electron chi connectivity index (χ0n) is 17.5. The lowest BCUT2D eigenvalue weighted by Crippen LogP contribution is -2.53. The Kier molecular flexibility index (Phi) is 5.46. The Morgan fingerprint density at radius 2 is 1.74 bits per heavy atom. The van der Waals surface area contributed by atoms with E-state index in [1.807, 2.05) is 12.1 Å². The number of aryl methyl sites for hydroxylation is 2. The molecule has 0 bridgehead atoms. The molecule has 1 atom stereocenters. The number of aromatic nitrogens is 2. The predicted molar refractivity (Wildman–Crippen MR) is 109 cm³/mol. The first-order chi connectivity index (χ1) is 12.6. The average molecular weight is 368 g/mol. The Hall–Kier alpha value is -1.72. The lowest BCUT2D eigenvalue weighted by Gasteiger charge is -2.32. The van der Waals surface area contributed by atoms with Crippen LogP contribution < -0.4 is 15.0 Å². The summed E-state index contributed by atoms with van der Waals surface area (Å²) in [6.07, 6.45) is 4.94. The topological polar surface area (TPSA) is 36.5 Å². The van der Waals surface area contributed by atoms with Gasteiger partial charge in [-0.2, -0.15) is 13.0 Å². The molecule has 0 spiro atoms. The summed E-state index contributed by atoms with van der Waals surface area (Å²) in [4.78, 5) is 0. The first-order valence-corrected chi connectivity index (χ1v) is 9.47. The van der Waals surface area contributed by atoms with Crippen molar-refractivity contribution in [1.82, 2.24) is 4.57 Å². The molecule has 1 saturated heterocycles. The minimum Gasteiger partial charge on any atom is -0.497 e. The molecule has 1 aliphatic heterocycles. The quantitative estimate of drug-likeness (QED) is 0.577. The van der Waals surface area contributed by atoms with Crippen LogP contribution in [0.25, 0.3) is 0 Å². The maximum Gasteiger partial charge on any atom is 0.419 e. The van der Waals surface area contributed by atoms with E-state index in [2.05, 4.69) is 82.7 Å². The SMILES string of the molecule is COc1ccc(CC([B-]c2n(C)cc[n+]2C)B2OC(C)(C)C(C)(C)O2)cc1. The minimum atomic E-state index is -0.347. The van der Waals surface area contributed by atoms with Crippen LogP contribution >= 0.6 is 0 Å². The number of benzene rings is 1. The van der Waals surface area contributed by atoms with Gasteiger partial charge in [-0.1, -0.05) is 24.1 Å². The van der Waals surface area contributed by atoms with Crippen molar-refractivity contribution in [1.29, 1.82) is 0 Å². The fraction of sp³-hybridized carbons (Fsp3) is 0.550. The molecule has 1 fully saturated rings. The zero-order chi connectivity index (χ0) is 19.8. The highest BCUT2D eigenvalue weighted by Gasteiger charge is 2.51. The van der Waals surface area contributed by atoms with Gasteiger partial charge in [-0.3, -0.25) is 9.13 Å². The summed E-state index contributed by atoms with van der Waals surface area (Å²) < 4.78 is 22.3. The van der Waals surface area contributed by atoms with Crippen LogP contribution in [0.3, 0.4) is 0 Å². The molecule has 1 aliphatic rings. The third-order valence-corrected chi connectivity index (χ3v) is 5.85. The van der Waals surface area contributed by atoms with Gasteiger partial charge in [0.25, 0.3) is 0 Å². The predicted octanol–water partition coefficient (Wildman–Crippen LogP) is 1.85. The van der Waals surface area contributed by atoms with Gasteiger partial charge in [0.15, 0.2) is 0 Å². The smallest absolute Gasteiger partial charge is 0.419 e. The van der Waals surface area contributed by atoms with Crippen LogP contribution in [0.2, 0.25) is 5.72 Å². The fourth-order valence-corrected chi connectivity index (χ4v) is 3.36. The Balaban J connectivity index is 1.86. The fourth-order valence-electron chi connectivity index (χ4n) is 3.36. The van der Waals surface area contributed by atoms with E-state index >= 15 is 0 Å². The van der Waals surface area contributed by atoms with Crippen LogP contribution in [-0.2, 0) is 29.8 Å². The van der Waals surface area contributed by atoms with Gasteiger partial charge in [-0.05, 0) is 39.8 Å². The second-order valence-corrected chi connectivity index (χ2v) is 8.39. The third kappa shape index (κ3) is 4.09. The third-order valence-electron chi connectivity index (χ3n) is 5.85. The molecule has 1 aromatic heterocycles. The van der Waals surface area contributed by atoms with Crippen molar-refractivity contribution in [3.63, 3.8) is 0 Å². The molecule has 0 amide bonds. The number of ether oxygens (including phenoxy) is 1. The number of hydrogen-bond donors (Lipinski definition) is 0. The molecule has 2 radical (unpaired) electrons. The summed E-state index contributed by atoms with van der Waals surface area (Å²) in [5.74, 6) is 0.865. The molecule has 7 heteroatoms. The van der Waals surface area contributed by atoms with E-state index < -0.39 is 0 Å². The van der Waals surface area contributed by atoms with Gasteiger partial charge in [-0.15, -0.1) is 0 Å². The zero-order valence-corrected chi connectivity index (χ0v) is 17.5. The Morgan fingerprint density at radius 3 is 2.22 bits per heavy atom. The summed E-state index contributed by atoms with van der Waals surface area (Å²) >= 11 is 0. The molecule has 2 aromatic rings. The molecule has 2 heterocycles. The van der Waals surface area contributed by atoms with E-state index in [0.717, 1.165) is 17.9 Å². The summed E-state index contributed by atoms with van der Waals surface area (Å²) in [5.41, 5.74) is 1.74. The Bertz CT molecular complexity index is 752. The molecular formula is C20H30B2N2O3. The maximum absolute atomic E-state index is 6.38. The van der Waals surface area contributed by atoms with E-state index in [1.54, 1.807) is 7.11 Å². The summed E-state index contributed by atoms with van der Waals surface area (Å²) in [6, 6.07) is 8.21. The van der Waals surface area contributed by atoms with Crippen LogP contribution in [0.5, 0.6) is 5.75 Å². The highest BCUT2D eigenvalue weighted by Crippen LogP contribution is 2.40. The van der Waals surface area contributed by atoms with E-state index in [1.165, 1.54) is 5.56 Å². The average Bonchev–Trinajstić information content (AvgIpc) is 3.03. The van der Waals surface area contributed by atoms with Gasteiger partial charge in [0, 0.05) is 5.72 Å². The standard InChI is InChI=1S/C20H30B2N2O3/c1-19(2)20(3,4)27-22(26-19)17(21-18-23(5)12-13-24(18)6)14-15-8-10-16(25-7)11-9-15/h8-13,17H,14H2,1-7H3. The van der Waals surface area contributed by atoms with Crippen molar-refractivity contribution in [2.75, 3.05) is 7.11 Å². The molecule has 1 unspecified atom stereocenters. The van der Waals surface area contributed by atoms with Gasteiger partial charge in [-0.25, -0.2) is 0 Å². The van der Waals surface area contributed by atoms with Crippen molar-refractivity contribution >= 4 is 20.1 Å². The normalized spacial score (nSPS) is 19.3. The molecular weight excluding hydrogens is 338 g/mol. The molecule has 1 aromatic carbocycles.